The highest BCUT2D eigenvalue weighted by Crippen LogP contribution is 2.55. The van der Waals surface area contributed by atoms with Gasteiger partial charge in [-0.2, -0.15) is 0 Å². The van der Waals surface area contributed by atoms with Gasteiger partial charge in [0.25, 0.3) is 0 Å². The van der Waals surface area contributed by atoms with Crippen LogP contribution in [-0.2, 0) is 15.6 Å². The topological polar surface area (TPSA) is 54.4 Å². The third kappa shape index (κ3) is 2.07. The van der Waals surface area contributed by atoms with Crippen LogP contribution in [0.5, 0.6) is 0 Å². The molecule has 4 bridgehead atoms. The fourth-order valence-corrected chi connectivity index (χ4v) is 6.11. The van der Waals surface area contributed by atoms with Crippen molar-refractivity contribution in [3.8, 4) is 0 Å². The number of carboxylic acid groups (broad SMARTS) is 1. The SMILES string of the molecule is O=C(O)/C=C\S(=O)C1C2CC3CC(C2)CC1C3. The second-order valence-corrected chi connectivity index (χ2v) is 7.34. The van der Waals surface area contributed by atoms with Crippen LogP contribution in [0, 0.1) is 23.7 Å². The van der Waals surface area contributed by atoms with Gasteiger partial charge in [0.05, 0.1) is 0 Å². The molecule has 94 valence electrons. The van der Waals surface area contributed by atoms with Crippen LogP contribution in [0.25, 0.3) is 0 Å². The molecule has 3 nitrogen and oxygen atoms in total. The van der Waals surface area contributed by atoms with E-state index in [9.17, 15) is 9.00 Å². The van der Waals surface area contributed by atoms with Gasteiger partial charge in [0.2, 0.25) is 0 Å². The summed E-state index contributed by atoms with van der Waals surface area (Å²) in [6, 6.07) is 0. The van der Waals surface area contributed by atoms with Crippen molar-refractivity contribution in [3.63, 3.8) is 0 Å². The molecule has 1 unspecified atom stereocenters. The Morgan fingerprint density at radius 2 is 1.59 bits per heavy atom. The van der Waals surface area contributed by atoms with Crippen molar-refractivity contribution in [1.82, 2.24) is 0 Å². The smallest absolute Gasteiger partial charge is 0.328 e. The standard InChI is InChI=1S/C13H18O3S/c14-12(15)1-2-17(16)13-10-4-8-3-9(6-10)7-11(13)5-8/h1-2,8-11,13H,3-7H2,(H,14,15)/b2-1-. The number of rotatable bonds is 3. The highest BCUT2D eigenvalue weighted by Gasteiger charge is 2.49. The van der Waals surface area contributed by atoms with Crippen LogP contribution < -0.4 is 0 Å². The van der Waals surface area contributed by atoms with Gasteiger partial charge in [0.15, 0.2) is 0 Å². The zero-order valence-corrected chi connectivity index (χ0v) is 10.6. The van der Waals surface area contributed by atoms with Gasteiger partial charge in [-0.05, 0) is 55.8 Å². The molecule has 4 rings (SSSR count). The van der Waals surface area contributed by atoms with Gasteiger partial charge < -0.3 is 5.11 Å². The van der Waals surface area contributed by atoms with E-state index in [-0.39, 0.29) is 5.25 Å². The summed E-state index contributed by atoms with van der Waals surface area (Å²) in [5, 5.41) is 10.2. The van der Waals surface area contributed by atoms with Crippen LogP contribution in [0.3, 0.4) is 0 Å². The molecule has 17 heavy (non-hydrogen) atoms. The number of hydrogen-bond donors (Lipinski definition) is 1. The van der Waals surface area contributed by atoms with Gasteiger partial charge in [-0.3, -0.25) is 4.21 Å². The maximum Gasteiger partial charge on any atom is 0.328 e. The van der Waals surface area contributed by atoms with Gasteiger partial charge >= 0.3 is 5.97 Å². The monoisotopic (exact) mass is 254 g/mol. The van der Waals surface area contributed by atoms with Crippen molar-refractivity contribution in [2.75, 3.05) is 0 Å². The first-order valence-electron chi connectivity index (χ1n) is 6.44. The summed E-state index contributed by atoms with van der Waals surface area (Å²) >= 11 is 0. The first-order chi connectivity index (χ1) is 8.13. The van der Waals surface area contributed by atoms with Crippen LogP contribution in [0.2, 0.25) is 0 Å². The summed E-state index contributed by atoms with van der Waals surface area (Å²) in [5.41, 5.74) is 0. The molecular formula is C13H18O3S. The molecule has 4 heteroatoms. The van der Waals surface area contributed by atoms with Gasteiger partial charge in [-0.1, -0.05) is 0 Å². The van der Waals surface area contributed by atoms with Gasteiger partial charge in [0, 0.05) is 27.5 Å². The summed E-state index contributed by atoms with van der Waals surface area (Å²) in [6.07, 6.45) is 7.34. The number of aliphatic carboxylic acids is 1. The van der Waals surface area contributed by atoms with Crippen LogP contribution in [0.1, 0.15) is 32.1 Å². The highest BCUT2D eigenvalue weighted by atomic mass is 32.2. The van der Waals surface area contributed by atoms with E-state index < -0.39 is 16.8 Å². The summed E-state index contributed by atoms with van der Waals surface area (Å²) in [5.74, 6) is 1.92. The molecule has 0 radical (unpaired) electrons. The van der Waals surface area contributed by atoms with Crippen LogP contribution in [-0.4, -0.2) is 20.5 Å². The average molecular weight is 254 g/mol. The van der Waals surface area contributed by atoms with E-state index in [1.54, 1.807) is 0 Å². The molecule has 0 aliphatic heterocycles. The molecule has 0 aromatic rings. The molecule has 0 aromatic carbocycles. The van der Waals surface area contributed by atoms with Crippen molar-refractivity contribution >= 4 is 16.8 Å². The summed E-state index contributed by atoms with van der Waals surface area (Å²) < 4.78 is 12.2. The molecule has 0 aromatic heterocycles. The lowest BCUT2D eigenvalue weighted by Gasteiger charge is -2.53. The summed E-state index contributed by atoms with van der Waals surface area (Å²) in [7, 11) is -1.09. The van der Waals surface area contributed by atoms with Gasteiger partial charge in [-0.25, -0.2) is 4.79 Å². The molecule has 4 saturated carbocycles. The maximum absolute atomic E-state index is 12.2. The number of hydrogen-bond acceptors (Lipinski definition) is 2. The van der Waals surface area contributed by atoms with E-state index in [0.29, 0.717) is 11.8 Å². The minimum absolute atomic E-state index is 0.235. The molecule has 0 amide bonds. The molecule has 0 spiro atoms. The average Bonchev–Trinajstić information content (AvgIpc) is 2.24. The summed E-state index contributed by atoms with van der Waals surface area (Å²) in [4.78, 5) is 10.5. The molecule has 1 N–H and O–H groups in total. The predicted molar refractivity (Wildman–Crippen MR) is 65.8 cm³/mol. The first kappa shape index (κ1) is 11.5. The van der Waals surface area contributed by atoms with E-state index in [0.717, 1.165) is 17.9 Å². The highest BCUT2D eigenvalue weighted by molar-refractivity contribution is 7.88. The van der Waals surface area contributed by atoms with E-state index in [2.05, 4.69) is 0 Å². The van der Waals surface area contributed by atoms with Crippen molar-refractivity contribution in [2.45, 2.75) is 37.4 Å². The minimum Gasteiger partial charge on any atom is -0.478 e. The Morgan fingerprint density at radius 3 is 2.06 bits per heavy atom. The molecular weight excluding hydrogens is 236 g/mol. The Bertz CT molecular complexity index is 360. The Hall–Kier alpha value is -0.640. The van der Waals surface area contributed by atoms with Crippen LogP contribution >= 0.6 is 0 Å². The Morgan fingerprint density at radius 1 is 1.06 bits per heavy atom. The Labute approximate surface area is 104 Å². The van der Waals surface area contributed by atoms with E-state index >= 15 is 0 Å². The van der Waals surface area contributed by atoms with Gasteiger partial charge in [-0.15, -0.1) is 0 Å². The van der Waals surface area contributed by atoms with E-state index in [4.69, 9.17) is 5.11 Å². The third-order valence-corrected chi connectivity index (χ3v) is 6.46. The number of carboxylic acids is 1. The molecule has 4 aliphatic rings. The maximum atomic E-state index is 12.2. The Kier molecular flexibility index (Phi) is 2.85. The quantitative estimate of drug-likeness (QED) is 0.785. The van der Waals surface area contributed by atoms with Crippen molar-refractivity contribution < 1.29 is 14.1 Å². The van der Waals surface area contributed by atoms with Crippen molar-refractivity contribution in [3.05, 3.63) is 11.5 Å². The number of carbonyl (C=O) groups is 1. The third-order valence-electron chi connectivity index (χ3n) is 4.75. The Balaban J connectivity index is 1.75. The van der Waals surface area contributed by atoms with E-state index in [1.807, 2.05) is 0 Å². The summed E-state index contributed by atoms with van der Waals surface area (Å²) in [6.45, 7) is 0. The van der Waals surface area contributed by atoms with Crippen LogP contribution in [0.15, 0.2) is 11.5 Å². The second-order valence-electron chi connectivity index (χ2n) is 5.86. The lowest BCUT2D eigenvalue weighted by atomic mass is 9.56. The van der Waals surface area contributed by atoms with E-state index in [1.165, 1.54) is 37.5 Å². The molecule has 4 fully saturated rings. The van der Waals surface area contributed by atoms with Crippen molar-refractivity contribution in [2.24, 2.45) is 23.7 Å². The fourth-order valence-electron chi connectivity index (χ4n) is 4.47. The lowest BCUT2D eigenvalue weighted by molar-refractivity contribution is -0.131. The minimum atomic E-state index is -1.09. The largest absolute Gasteiger partial charge is 0.478 e. The normalized spacial score (nSPS) is 45.3. The second kappa shape index (κ2) is 4.23. The fraction of sp³-hybridized carbons (Fsp3) is 0.769. The zero-order chi connectivity index (χ0) is 12.0. The first-order valence-corrected chi connectivity index (χ1v) is 7.71. The molecule has 4 aliphatic carbocycles. The van der Waals surface area contributed by atoms with Crippen molar-refractivity contribution in [1.29, 1.82) is 0 Å². The van der Waals surface area contributed by atoms with Crippen LogP contribution in [0.4, 0.5) is 0 Å². The zero-order valence-electron chi connectivity index (χ0n) is 9.75. The van der Waals surface area contributed by atoms with Gasteiger partial charge in [0.1, 0.15) is 0 Å². The molecule has 0 saturated heterocycles. The lowest BCUT2D eigenvalue weighted by Crippen LogP contribution is -2.49. The molecule has 0 heterocycles. The molecule has 1 atom stereocenters. The predicted octanol–water partition coefficient (Wildman–Crippen LogP) is 2.16.